The van der Waals surface area contributed by atoms with Crippen molar-refractivity contribution in [2.75, 3.05) is 5.73 Å². The summed E-state index contributed by atoms with van der Waals surface area (Å²) in [5.41, 5.74) is 11.2. The molecule has 0 saturated carbocycles. The number of furan rings is 1. The lowest BCUT2D eigenvalue weighted by molar-refractivity contribution is 0.478. The van der Waals surface area contributed by atoms with Gasteiger partial charge in [0, 0.05) is 16.6 Å². The molecule has 0 fully saturated rings. The third kappa shape index (κ3) is 2.07. The number of para-hydroxylation sites is 2. The number of nitrogens with two attached hydrogens (primary N) is 2. The van der Waals surface area contributed by atoms with Gasteiger partial charge in [-0.15, -0.1) is 0 Å². The summed E-state index contributed by atoms with van der Waals surface area (Å²) < 4.78 is 5.83. The fourth-order valence-electron chi connectivity index (χ4n) is 2.24. The first-order chi connectivity index (χ1) is 9.29. The maximum atomic E-state index is 5.99. The van der Waals surface area contributed by atoms with Crippen LogP contribution in [0.25, 0.3) is 11.0 Å². The van der Waals surface area contributed by atoms with Crippen LogP contribution in [0.2, 0.25) is 0 Å². The van der Waals surface area contributed by atoms with Crippen LogP contribution in [0.3, 0.4) is 0 Å². The van der Waals surface area contributed by atoms with E-state index in [1.165, 1.54) is 0 Å². The van der Waals surface area contributed by atoms with Gasteiger partial charge in [-0.2, -0.15) is 0 Å². The van der Waals surface area contributed by atoms with Crippen LogP contribution in [0.4, 0.5) is 5.69 Å². The molecule has 0 radical (unpaired) electrons. The normalized spacial score (nSPS) is 12.7. The quantitative estimate of drug-likeness (QED) is 0.381. The Bertz CT molecular complexity index is 672. The van der Waals surface area contributed by atoms with Crippen LogP contribution in [-0.2, 0) is 0 Å². The predicted molar refractivity (Wildman–Crippen MR) is 76.2 cm³/mol. The highest BCUT2D eigenvalue weighted by Crippen LogP contribution is 2.30. The van der Waals surface area contributed by atoms with E-state index >= 15 is 0 Å². The average molecular weight is 253 g/mol. The van der Waals surface area contributed by atoms with Gasteiger partial charge in [-0.05, 0) is 18.2 Å². The van der Waals surface area contributed by atoms with Crippen molar-refractivity contribution in [3.8, 4) is 0 Å². The van der Waals surface area contributed by atoms with Gasteiger partial charge in [0.25, 0.3) is 0 Å². The number of hydrogen-bond donors (Lipinski definition) is 3. The Hall–Kier alpha value is -2.30. The first kappa shape index (κ1) is 11.8. The van der Waals surface area contributed by atoms with E-state index in [0.717, 1.165) is 22.3 Å². The van der Waals surface area contributed by atoms with E-state index in [4.69, 9.17) is 16.0 Å². The van der Waals surface area contributed by atoms with Gasteiger partial charge >= 0.3 is 0 Å². The number of hydrazine groups is 1. The molecule has 3 aromatic rings. The number of benzene rings is 2. The van der Waals surface area contributed by atoms with E-state index < -0.39 is 0 Å². The highest BCUT2D eigenvalue weighted by atomic mass is 16.3. The molecule has 0 bridgehead atoms. The highest BCUT2D eigenvalue weighted by molar-refractivity contribution is 5.78. The lowest BCUT2D eigenvalue weighted by Crippen LogP contribution is -2.29. The summed E-state index contributed by atoms with van der Waals surface area (Å²) in [6.45, 7) is 0. The third-order valence-corrected chi connectivity index (χ3v) is 3.20. The van der Waals surface area contributed by atoms with Crippen LogP contribution < -0.4 is 17.0 Å². The minimum atomic E-state index is -0.256. The molecule has 3 rings (SSSR count). The Labute approximate surface area is 111 Å². The molecule has 0 aliphatic heterocycles. The van der Waals surface area contributed by atoms with Crippen LogP contribution in [0.1, 0.15) is 17.4 Å². The summed E-state index contributed by atoms with van der Waals surface area (Å²) in [5.74, 6) is 6.41. The maximum Gasteiger partial charge on any atom is 0.134 e. The molecule has 0 aliphatic carbocycles. The number of rotatable bonds is 3. The molecular formula is C15H15N3O. The molecule has 5 N–H and O–H groups in total. The Morgan fingerprint density at radius 3 is 2.47 bits per heavy atom. The van der Waals surface area contributed by atoms with E-state index in [1.54, 1.807) is 0 Å². The Kier molecular flexibility index (Phi) is 2.95. The van der Waals surface area contributed by atoms with Gasteiger partial charge in [-0.3, -0.25) is 5.84 Å². The molecule has 2 aromatic carbocycles. The monoisotopic (exact) mass is 253 g/mol. The van der Waals surface area contributed by atoms with Crippen LogP contribution in [0.15, 0.2) is 59.0 Å². The topological polar surface area (TPSA) is 77.2 Å². The maximum absolute atomic E-state index is 5.99. The third-order valence-electron chi connectivity index (χ3n) is 3.20. The van der Waals surface area contributed by atoms with Crippen molar-refractivity contribution in [1.29, 1.82) is 0 Å². The van der Waals surface area contributed by atoms with Crippen LogP contribution >= 0.6 is 0 Å². The van der Waals surface area contributed by atoms with Gasteiger partial charge in [0.1, 0.15) is 17.4 Å². The zero-order chi connectivity index (χ0) is 13.2. The SMILES string of the molecule is NNC(c1cc2ccccc2o1)c1ccccc1N. The van der Waals surface area contributed by atoms with Gasteiger partial charge in [0.2, 0.25) is 0 Å². The van der Waals surface area contributed by atoms with Crippen molar-refractivity contribution >= 4 is 16.7 Å². The molecule has 0 saturated heterocycles. The number of fused-ring (bicyclic) bond motifs is 1. The number of hydrogen-bond acceptors (Lipinski definition) is 4. The number of nitrogen functional groups attached to an aromatic ring is 1. The summed E-state index contributed by atoms with van der Waals surface area (Å²) >= 11 is 0. The molecule has 0 spiro atoms. The standard InChI is InChI=1S/C15H15N3O/c16-12-7-3-2-6-11(12)15(18-17)14-9-10-5-1-4-8-13(10)19-14/h1-9,15,18H,16-17H2. The molecule has 96 valence electrons. The fourth-order valence-corrected chi connectivity index (χ4v) is 2.24. The zero-order valence-corrected chi connectivity index (χ0v) is 10.3. The molecule has 1 heterocycles. The van der Waals surface area contributed by atoms with Gasteiger partial charge in [0.05, 0.1) is 0 Å². The van der Waals surface area contributed by atoms with Gasteiger partial charge in [-0.25, -0.2) is 5.43 Å². The van der Waals surface area contributed by atoms with Crippen molar-refractivity contribution in [3.05, 3.63) is 65.9 Å². The van der Waals surface area contributed by atoms with Crippen molar-refractivity contribution < 1.29 is 4.42 Å². The Morgan fingerprint density at radius 1 is 1.00 bits per heavy atom. The number of anilines is 1. The molecule has 0 aliphatic rings. The van der Waals surface area contributed by atoms with Crippen LogP contribution in [0.5, 0.6) is 0 Å². The molecule has 4 nitrogen and oxygen atoms in total. The van der Waals surface area contributed by atoms with E-state index in [2.05, 4.69) is 5.43 Å². The van der Waals surface area contributed by atoms with Crippen LogP contribution in [0, 0.1) is 0 Å². The molecule has 19 heavy (non-hydrogen) atoms. The molecular weight excluding hydrogens is 238 g/mol. The van der Waals surface area contributed by atoms with E-state index in [0.29, 0.717) is 5.69 Å². The molecule has 1 atom stereocenters. The lowest BCUT2D eigenvalue weighted by Gasteiger charge is -2.15. The smallest absolute Gasteiger partial charge is 0.134 e. The van der Waals surface area contributed by atoms with Crippen molar-refractivity contribution in [1.82, 2.24) is 5.43 Å². The van der Waals surface area contributed by atoms with E-state index in [9.17, 15) is 0 Å². The molecule has 1 unspecified atom stereocenters. The summed E-state index contributed by atoms with van der Waals surface area (Å²) in [6, 6.07) is 17.2. The fraction of sp³-hybridized carbons (Fsp3) is 0.0667. The molecule has 1 aromatic heterocycles. The predicted octanol–water partition coefficient (Wildman–Crippen LogP) is 2.57. The largest absolute Gasteiger partial charge is 0.459 e. The summed E-state index contributed by atoms with van der Waals surface area (Å²) in [4.78, 5) is 0. The van der Waals surface area contributed by atoms with Crippen molar-refractivity contribution in [2.24, 2.45) is 5.84 Å². The van der Waals surface area contributed by atoms with Gasteiger partial charge < -0.3 is 10.2 Å². The van der Waals surface area contributed by atoms with Crippen molar-refractivity contribution in [2.45, 2.75) is 6.04 Å². The molecule has 4 heteroatoms. The summed E-state index contributed by atoms with van der Waals surface area (Å²) in [7, 11) is 0. The van der Waals surface area contributed by atoms with Crippen molar-refractivity contribution in [3.63, 3.8) is 0 Å². The Balaban J connectivity index is 2.09. The minimum absolute atomic E-state index is 0.256. The van der Waals surface area contributed by atoms with Gasteiger partial charge in [-0.1, -0.05) is 36.4 Å². The number of nitrogens with one attached hydrogen (secondary N) is 1. The average Bonchev–Trinajstić information content (AvgIpc) is 2.85. The lowest BCUT2D eigenvalue weighted by atomic mass is 10.0. The van der Waals surface area contributed by atoms with Crippen LogP contribution in [-0.4, -0.2) is 0 Å². The minimum Gasteiger partial charge on any atom is -0.459 e. The second-order valence-electron chi connectivity index (χ2n) is 4.42. The second kappa shape index (κ2) is 4.76. The van der Waals surface area contributed by atoms with E-state index in [-0.39, 0.29) is 6.04 Å². The summed E-state index contributed by atoms with van der Waals surface area (Å²) in [5, 5.41) is 1.05. The van der Waals surface area contributed by atoms with E-state index in [1.807, 2.05) is 54.6 Å². The zero-order valence-electron chi connectivity index (χ0n) is 10.3. The Morgan fingerprint density at radius 2 is 1.74 bits per heavy atom. The van der Waals surface area contributed by atoms with Gasteiger partial charge in [0.15, 0.2) is 0 Å². The molecule has 0 amide bonds. The first-order valence-electron chi connectivity index (χ1n) is 6.08. The first-order valence-corrected chi connectivity index (χ1v) is 6.08. The second-order valence-corrected chi connectivity index (χ2v) is 4.42. The summed E-state index contributed by atoms with van der Waals surface area (Å²) in [6.07, 6.45) is 0. The highest BCUT2D eigenvalue weighted by Gasteiger charge is 2.18.